The predicted molar refractivity (Wildman–Crippen MR) is 82.4 cm³/mol. The van der Waals surface area contributed by atoms with E-state index in [0.717, 1.165) is 22.4 Å². The van der Waals surface area contributed by atoms with Crippen molar-refractivity contribution in [1.82, 2.24) is 0 Å². The van der Waals surface area contributed by atoms with Crippen molar-refractivity contribution in [2.75, 3.05) is 0 Å². The van der Waals surface area contributed by atoms with Crippen LogP contribution in [0.15, 0.2) is 65.3 Å². The number of furan rings is 1. The van der Waals surface area contributed by atoms with Crippen molar-refractivity contribution in [1.29, 1.82) is 0 Å². The van der Waals surface area contributed by atoms with E-state index in [4.69, 9.17) is 21.1 Å². The molecule has 0 spiro atoms. The van der Waals surface area contributed by atoms with E-state index in [9.17, 15) is 4.79 Å². The van der Waals surface area contributed by atoms with E-state index in [0.29, 0.717) is 16.4 Å². The van der Waals surface area contributed by atoms with E-state index in [1.807, 2.05) is 36.4 Å². The van der Waals surface area contributed by atoms with Crippen LogP contribution in [0.2, 0.25) is 5.02 Å². The topological polar surface area (TPSA) is 50.4 Å². The number of halogens is 1. The van der Waals surface area contributed by atoms with E-state index >= 15 is 0 Å². The van der Waals surface area contributed by atoms with Gasteiger partial charge in [0.15, 0.2) is 0 Å². The van der Waals surface area contributed by atoms with E-state index in [1.165, 1.54) is 0 Å². The Labute approximate surface area is 126 Å². The van der Waals surface area contributed by atoms with Gasteiger partial charge in [-0.05, 0) is 23.8 Å². The molecule has 3 rings (SSSR count). The molecule has 4 heteroatoms. The molecule has 21 heavy (non-hydrogen) atoms. The lowest BCUT2D eigenvalue weighted by Gasteiger charge is -2.05. The Kier molecular flexibility index (Phi) is 3.50. The van der Waals surface area contributed by atoms with Gasteiger partial charge in [0.1, 0.15) is 5.76 Å². The molecule has 2 aromatic carbocycles. The largest absolute Gasteiger partial charge is 0.478 e. The minimum atomic E-state index is -1.02. The first-order chi connectivity index (χ1) is 10.1. The van der Waals surface area contributed by atoms with Crippen LogP contribution < -0.4 is 0 Å². The zero-order valence-corrected chi connectivity index (χ0v) is 11.7. The molecule has 104 valence electrons. The molecule has 0 radical (unpaired) electrons. The van der Waals surface area contributed by atoms with Crippen molar-refractivity contribution in [3.63, 3.8) is 0 Å². The Morgan fingerprint density at radius 3 is 2.62 bits per heavy atom. The number of carbonyl (C=O) groups is 1. The van der Waals surface area contributed by atoms with Crippen LogP contribution >= 0.6 is 11.6 Å². The molecule has 0 fully saturated rings. The SMILES string of the molecule is O=C(O)/C=C(/c1ccccc1)c1occ2cc(Cl)ccc12. The number of carboxylic acids is 1. The lowest BCUT2D eigenvalue weighted by molar-refractivity contribution is -0.131. The quantitative estimate of drug-likeness (QED) is 0.719. The number of rotatable bonds is 3. The fraction of sp³-hybridized carbons (Fsp3) is 0. The van der Waals surface area contributed by atoms with E-state index < -0.39 is 5.97 Å². The minimum absolute atomic E-state index is 0.523. The van der Waals surface area contributed by atoms with Gasteiger partial charge in [-0.2, -0.15) is 0 Å². The van der Waals surface area contributed by atoms with Crippen LogP contribution in [-0.4, -0.2) is 11.1 Å². The fourth-order valence-corrected chi connectivity index (χ4v) is 2.43. The van der Waals surface area contributed by atoms with Crippen LogP contribution in [0.25, 0.3) is 16.3 Å². The van der Waals surface area contributed by atoms with Gasteiger partial charge in [-0.3, -0.25) is 0 Å². The summed E-state index contributed by atoms with van der Waals surface area (Å²) in [5, 5.41) is 11.4. The highest BCUT2D eigenvalue weighted by atomic mass is 35.5. The van der Waals surface area contributed by atoms with Crippen molar-refractivity contribution in [2.45, 2.75) is 0 Å². The molecule has 0 saturated carbocycles. The van der Waals surface area contributed by atoms with Crippen LogP contribution in [0.1, 0.15) is 11.3 Å². The van der Waals surface area contributed by atoms with Crippen molar-refractivity contribution < 1.29 is 14.3 Å². The molecule has 1 aromatic heterocycles. The maximum absolute atomic E-state index is 11.1. The van der Waals surface area contributed by atoms with Gasteiger partial charge in [0.25, 0.3) is 0 Å². The third-order valence-electron chi connectivity index (χ3n) is 3.16. The standard InChI is InChI=1S/C17H11ClO3/c18-13-6-7-14-12(8-13)10-21-17(14)15(9-16(19)20)11-4-2-1-3-5-11/h1-10H,(H,19,20)/b15-9-. The Morgan fingerprint density at radius 2 is 1.90 bits per heavy atom. The van der Waals surface area contributed by atoms with Gasteiger partial charge in [0, 0.05) is 27.4 Å². The normalized spacial score (nSPS) is 11.8. The molecule has 0 unspecified atom stereocenters. The highest BCUT2D eigenvalue weighted by molar-refractivity contribution is 6.31. The molecule has 3 nitrogen and oxygen atoms in total. The Morgan fingerprint density at radius 1 is 1.14 bits per heavy atom. The lowest BCUT2D eigenvalue weighted by atomic mass is 10.0. The first-order valence-corrected chi connectivity index (χ1v) is 6.70. The number of carboxylic acid groups (broad SMARTS) is 1. The second-order valence-corrected chi connectivity index (χ2v) is 5.00. The Balaban J connectivity index is 2.23. The predicted octanol–water partition coefficient (Wildman–Crippen LogP) is 4.60. The van der Waals surface area contributed by atoms with Gasteiger partial charge in [0.2, 0.25) is 0 Å². The number of benzene rings is 2. The van der Waals surface area contributed by atoms with Crippen LogP contribution in [-0.2, 0) is 4.79 Å². The summed E-state index contributed by atoms with van der Waals surface area (Å²) in [6.45, 7) is 0. The molecule has 1 heterocycles. The number of hydrogen-bond donors (Lipinski definition) is 1. The molecule has 3 aromatic rings. The summed E-state index contributed by atoms with van der Waals surface area (Å²) >= 11 is 5.96. The molecule has 1 N–H and O–H groups in total. The molecule has 0 bridgehead atoms. The fourth-order valence-electron chi connectivity index (χ4n) is 2.25. The van der Waals surface area contributed by atoms with E-state index in [2.05, 4.69) is 0 Å². The second kappa shape index (κ2) is 5.46. The third kappa shape index (κ3) is 2.69. The average Bonchev–Trinajstić information content (AvgIpc) is 2.88. The molecule has 0 amide bonds. The first-order valence-electron chi connectivity index (χ1n) is 6.32. The molecule has 0 aliphatic rings. The third-order valence-corrected chi connectivity index (χ3v) is 3.39. The molecular formula is C17H11ClO3. The maximum atomic E-state index is 11.1. The molecule has 0 aliphatic carbocycles. The van der Waals surface area contributed by atoms with Crippen LogP contribution in [0.4, 0.5) is 0 Å². The summed E-state index contributed by atoms with van der Waals surface area (Å²) < 4.78 is 5.60. The number of aliphatic carboxylic acids is 1. The summed E-state index contributed by atoms with van der Waals surface area (Å²) in [6, 6.07) is 14.6. The Hall–Kier alpha value is -2.52. The monoisotopic (exact) mass is 298 g/mol. The van der Waals surface area contributed by atoms with Gasteiger partial charge in [-0.15, -0.1) is 0 Å². The smallest absolute Gasteiger partial charge is 0.329 e. The van der Waals surface area contributed by atoms with Gasteiger partial charge >= 0.3 is 5.97 Å². The van der Waals surface area contributed by atoms with Crippen LogP contribution in [0.3, 0.4) is 0 Å². The number of hydrogen-bond acceptors (Lipinski definition) is 2. The summed E-state index contributed by atoms with van der Waals surface area (Å²) in [5.74, 6) is -0.498. The summed E-state index contributed by atoms with van der Waals surface area (Å²) in [6.07, 6.45) is 2.73. The molecular weight excluding hydrogens is 288 g/mol. The first kappa shape index (κ1) is 13.5. The highest BCUT2D eigenvalue weighted by Gasteiger charge is 2.14. The van der Waals surface area contributed by atoms with Gasteiger partial charge < -0.3 is 9.52 Å². The number of fused-ring (bicyclic) bond motifs is 1. The van der Waals surface area contributed by atoms with Crippen LogP contribution in [0.5, 0.6) is 0 Å². The summed E-state index contributed by atoms with van der Waals surface area (Å²) in [4.78, 5) is 11.1. The van der Waals surface area contributed by atoms with Crippen LogP contribution in [0, 0.1) is 0 Å². The van der Waals surface area contributed by atoms with Crippen molar-refractivity contribution in [3.05, 3.63) is 77.2 Å². The summed E-state index contributed by atoms with van der Waals surface area (Å²) in [7, 11) is 0. The molecule has 0 atom stereocenters. The van der Waals surface area contributed by atoms with Crippen molar-refractivity contribution in [2.24, 2.45) is 0 Å². The van der Waals surface area contributed by atoms with Crippen molar-refractivity contribution >= 4 is 33.9 Å². The van der Waals surface area contributed by atoms with E-state index in [1.54, 1.807) is 18.4 Å². The molecule has 0 aliphatic heterocycles. The lowest BCUT2D eigenvalue weighted by Crippen LogP contribution is -1.94. The average molecular weight is 299 g/mol. The van der Waals surface area contributed by atoms with Gasteiger partial charge in [0.05, 0.1) is 6.26 Å². The minimum Gasteiger partial charge on any atom is -0.478 e. The van der Waals surface area contributed by atoms with Gasteiger partial charge in [-0.1, -0.05) is 41.9 Å². The zero-order chi connectivity index (χ0) is 14.8. The van der Waals surface area contributed by atoms with E-state index in [-0.39, 0.29) is 0 Å². The Bertz CT molecular complexity index is 832. The van der Waals surface area contributed by atoms with Gasteiger partial charge in [-0.25, -0.2) is 4.79 Å². The highest BCUT2D eigenvalue weighted by Crippen LogP contribution is 2.32. The summed E-state index contributed by atoms with van der Waals surface area (Å²) in [5.41, 5.74) is 1.31. The maximum Gasteiger partial charge on any atom is 0.329 e. The zero-order valence-electron chi connectivity index (χ0n) is 10.9. The van der Waals surface area contributed by atoms with Crippen molar-refractivity contribution in [3.8, 4) is 0 Å². The molecule has 0 saturated heterocycles. The second-order valence-electron chi connectivity index (χ2n) is 4.56.